The van der Waals surface area contributed by atoms with Crippen LogP contribution in [0.4, 0.5) is 0 Å². The largest absolute Gasteiger partial charge is 0.495 e. The van der Waals surface area contributed by atoms with E-state index < -0.39 is 5.97 Å². The van der Waals surface area contributed by atoms with Crippen molar-refractivity contribution < 1.29 is 14.6 Å². The van der Waals surface area contributed by atoms with E-state index >= 15 is 0 Å². The van der Waals surface area contributed by atoms with Crippen molar-refractivity contribution in [3.05, 3.63) is 30.0 Å². The number of aryl methyl sites for hydroxylation is 1. The van der Waals surface area contributed by atoms with E-state index in [1.165, 1.54) is 0 Å². The molecule has 0 aliphatic carbocycles. The van der Waals surface area contributed by atoms with Crippen molar-refractivity contribution in [3.63, 3.8) is 0 Å². The molecule has 0 atom stereocenters. The van der Waals surface area contributed by atoms with Crippen LogP contribution in [0.1, 0.15) is 12.0 Å². The molecular weight excluding hydrogens is 206 g/mol. The minimum absolute atomic E-state index is 0.143. The Labute approximate surface area is 92.9 Å². The number of carbonyl (C=O) groups is 1. The van der Waals surface area contributed by atoms with Crippen LogP contribution >= 0.6 is 0 Å². The van der Waals surface area contributed by atoms with E-state index in [-0.39, 0.29) is 6.42 Å². The number of aromatic nitrogens is 1. The molecule has 0 spiro atoms. The molecule has 0 radical (unpaired) electrons. The van der Waals surface area contributed by atoms with Crippen LogP contribution in [-0.2, 0) is 11.2 Å². The Balaban J connectivity index is 2.37. The first-order valence-corrected chi connectivity index (χ1v) is 5.07. The van der Waals surface area contributed by atoms with Crippen molar-refractivity contribution in [2.45, 2.75) is 12.8 Å². The van der Waals surface area contributed by atoms with E-state index in [0.717, 1.165) is 22.2 Å². The standard InChI is InChI=1S/C12H13NO3/c1-16-10-4-2-3-9-8(5-6-11(14)15)7-13-12(9)10/h2-4,7,13H,5-6H2,1H3,(H,14,15). The number of fused-ring (bicyclic) bond motifs is 1. The summed E-state index contributed by atoms with van der Waals surface area (Å²) in [7, 11) is 1.62. The van der Waals surface area contributed by atoms with Crippen LogP contribution in [0.5, 0.6) is 5.75 Å². The van der Waals surface area contributed by atoms with Crippen molar-refractivity contribution in [1.82, 2.24) is 4.98 Å². The molecule has 2 aromatic rings. The van der Waals surface area contributed by atoms with E-state index in [2.05, 4.69) is 4.98 Å². The van der Waals surface area contributed by atoms with Gasteiger partial charge in [0.05, 0.1) is 12.6 Å². The number of methoxy groups -OCH3 is 1. The SMILES string of the molecule is COc1cccc2c(CCC(=O)O)c[nH]c12. The van der Waals surface area contributed by atoms with Crippen LogP contribution in [0.2, 0.25) is 0 Å². The van der Waals surface area contributed by atoms with Crippen LogP contribution in [0, 0.1) is 0 Å². The van der Waals surface area contributed by atoms with Crippen LogP contribution < -0.4 is 4.74 Å². The maximum Gasteiger partial charge on any atom is 0.303 e. The normalized spacial score (nSPS) is 10.6. The molecule has 0 bridgehead atoms. The monoisotopic (exact) mass is 219 g/mol. The number of carboxylic acids is 1. The lowest BCUT2D eigenvalue weighted by molar-refractivity contribution is -0.136. The highest BCUT2D eigenvalue weighted by Crippen LogP contribution is 2.27. The second-order valence-electron chi connectivity index (χ2n) is 3.59. The second-order valence-corrected chi connectivity index (χ2v) is 3.59. The summed E-state index contributed by atoms with van der Waals surface area (Å²) >= 11 is 0. The Hall–Kier alpha value is -1.97. The third-order valence-corrected chi connectivity index (χ3v) is 2.59. The zero-order valence-corrected chi connectivity index (χ0v) is 8.99. The fraction of sp³-hybridized carbons (Fsp3) is 0.250. The van der Waals surface area contributed by atoms with E-state index in [9.17, 15) is 4.79 Å². The summed E-state index contributed by atoms with van der Waals surface area (Å²) < 4.78 is 5.22. The number of carboxylic acid groups (broad SMARTS) is 1. The van der Waals surface area contributed by atoms with Crippen molar-refractivity contribution in [2.75, 3.05) is 7.11 Å². The van der Waals surface area contributed by atoms with Gasteiger partial charge >= 0.3 is 5.97 Å². The van der Waals surface area contributed by atoms with Gasteiger partial charge < -0.3 is 14.8 Å². The number of hydrogen-bond acceptors (Lipinski definition) is 2. The minimum atomic E-state index is -0.780. The first-order valence-electron chi connectivity index (χ1n) is 5.07. The summed E-state index contributed by atoms with van der Waals surface area (Å²) in [6, 6.07) is 5.74. The number of rotatable bonds is 4. The number of hydrogen-bond donors (Lipinski definition) is 2. The Kier molecular flexibility index (Phi) is 2.81. The van der Waals surface area contributed by atoms with Gasteiger partial charge in [-0.05, 0) is 18.1 Å². The number of benzene rings is 1. The van der Waals surface area contributed by atoms with E-state index in [0.29, 0.717) is 6.42 Å². The molecule has 4 heteroatoms. The van der Waals surface area contributed by atoms with Crippen molar-refractivity contribution in [2.24, 2.45) is 0 Å². The van der Waals surface area contributed by atoms with Gasteiger partial charge in [0.25, 0.3) is 0 Å². The predicted molar refractivity (Wildman–Crippen MR) is 60.8 cm³/mol. The average molecular weight is 219 g/mol. The molecule has 0 unspecified atom stereocenters. The predicted octanol–water partition coefficient (Wildman–Crippen LogP) is 2.19. The molecule has 0 amide bonds. The number of nitrogens with one attached hydrogen (secondary N) is 1. The number of aliphatic carboxylic acids is 1. The fourth-order valence-electron chi connectivity index (χ4n) is 1.80. The molecule has 0 fully saturated rings. The Morgan fingerprint density at radius 3 is 3.00 bits per heavy atom. The van der Waals surface area contributed by atoms with Gasteiger partial charge in [0.1, 0.15) is 5.75 Å². The summed E-state index contributed by atoms with van der Waals surface area (Å²) in [5.41, 5.74) is 1.93. The molecule has 4 nitrogen and oxygen atoms in total. The van der Waals surface area contributed by atoms with Gasteiger partial charge in [0, 0.05) is 18.0 Å². The lowest BCUT2D eigenvalue weighted by Gasteiger charge is -2.01. The molecule has 2 N–H and O–H groups in total. The van der Waals surface area contributed by atoms with Gasteiger partial charge in [-0.3, -0.25) is 4.79 Å². The number of para-hydroxylation sites is 1. The highest BCUT2D eigenvalue weighted by atomic mass is 16.5. The molecule has 1 aromatic heterocycles. The summed E-state index contributed by atoms with van der Waals surface area (Å²) in [5.74, 6) is -0.00341. The zero-order valence-electron chi connectivity index (χ0n) is 8.99. The minimum Gasteiger partial charge on any atom is -0.495 e. The molecule has 2 rings (SSSR count). The zero-order chi connectivity index (χ0) is 11.5. The molecule has 1 aromatic carbocycles. The lowest BCUT2D eigenvalue weighted by Crippen LogP contribution is -1.96. The van der Waals surface area contributed by atoms with E-state index in [4.69, 9.17) is 9.84 Å². The smallest absolute Gasteiger partial charge is 0.303 e. The van der Waals surface area contributed by atoms with Crippen molar-refractivity contribution in [1.29, 1.82) is 0 Å². The summed E-state index contributed by atoms with van der Waals surface area (Å²) in [5, 5.41) is 9.68. The van der Waals surface area contributed by atoms with E-state index in [1.807, 2.05) is 24.4 Å². The maximum atomic E-state index is 10.5. The fourth-order valence-corrected chi connectivity index (χ4v) is 1.80. The third kappa shape index (κ3) is 1.86. The van der Waals surface area contributed by atoms with E-state index in [1.54, 1.807) is 7.11 Å². The first kappa shape index (κ1) is 10.5. The molecule has 0 saturated heterocycles. The van der Waals surface area contributed by atoms with Crippen molar-refractivity contribution in [3.8, 4) is 5.75 Å². The number of aromatic amines is 1. The first-order chi connectivity index (χ1) is 7.72. The second kappa shape index (κ2) is 4.26. The van der Waals surface area contributed by atoms with Gasteiger partial charge in [-0.2, -0.15) is 0 Å². The van der Waals surface area contributed by atoms with Crippen LogP contribution in [0.25, 0.3) is 10.9 Å². The van der Waals surface area contributed by atoms with Gasteiger partial charge in [-0.1, -0.05) is 12.1 Å². The summed E-state index contributed by atoms with van der Waals surface area (Å²) in [4.78, 5) is 13.6. The quantitative estimate of drug-likeness (QED) is 0.828. The highest BCUT2D eigenvalue weighted by molar-refractivity contribution is 5.88. The van der Waals surface area contributed by atoms with Crippen LogP contribution in [0.3, 0.4) is 0 Å². The average Bonchev–Trinajstić information content (AvgIpc) is 2.69. The van der Waals surface area contributed by atoms with Gasteiger partial charge in [-0.15, -0.1) is 0 Å². The Bertz CT molecular complexity index is 516. The highest BCUT2D eigenvalue weighted by Gasteiger charge is 2.08. The Morgan fingerprint density at radius 1 is 1.50 bits per heavy atom. The molecule has 84 valence electrons. The lowest BCUT2D eigenvalue weighted by atomic mass is 10.1. The number of ether oxygens (including phenoxy) is 1. The molecule has 0 aliphatic rings. The number of H-pyrrole nitrogens is 1. The molecule has 16 heavy (non-hydrogen) atoms. The van der Waals surface area contributed by atoms with Crippen LogP contribution in [-0.4, -0.2) is 23.2 Å². The summed E-state index contributed by atoms with van der Waals surface area (Å²) in [6.07, 6.45) is 2.52. The molecule has 0 aliphatic heterocycles. The van der Waals surface area contributed by atoms with Gasteiger partial charge in [0.15, 0.2) is 0 Å². The Morgan fingerprint density at radius 2 is 2.31 bits per heavy atom. The maximum absolute atomic E-state index is 10.5. The van der Waals surface area contributed by atoms with Gasteiger partial charge in [0.2, 0.25) is 0 Å². The molecule has 1 heterocycles. The van der Waals surface area contributed by atoms with Gasteiger partial charge in [-0.25, -0.2) is 0 Å². The molecule has 0 saturated carbocycles. The molecular formula is C12H13NO3. The summed E-state index contributed by atoms with van der Waals surface area (Å²) in [6.45, 7) is 0. The third-order valence-electron chi connectivity index (χ3n) is 2.59. The topological polar surface area (TPSA) is 62.3 Å². The van der Waals surface area contributed by atoms with Crippen molar-refractivity contribution >= 4 is 16.9 Å². The van der Waals surface area contributed by atoms with Crippen LogP contribution in [0.15, 0.2) is 24.4 Å².